The quantitative estimate of drug-likeness (QED) is 0.839. The molecule has 1 amide bonds. The number of hydrogen-bond acceptors (Lipinski definition) is 3. The van der Waals surface area contributed by atoms with Crippen molar-refractivity contribution in [3.05, 3.63) is 24.5 Å². The van der Waals surface area contributed by atoms with Gasteiger partial charge in [0.2, 0.25) is 5.91 Å². The van der Waals surface area contributed by atoms with Crippen LogP contribution in [-0.4, -0.2) is 42.0 Å². The maximum atomic E-state index is 12.6. The summed E-state index contributed by atoms with van der Waals surface area (Å²) in [6.45, 7) is 3.91. The van der Waals surface area contributed by atoms with Gasteiger partial charge < -0.3 is 9.80 Å². The predicted octanol–water partition coefficient (Wildman–Crippen LogP) is 2.70. The van der Waals surface area contributed by atoms with E-state index in [1.807, 2.05) is 12.4 Å². The predicted molar refractivity (Wildman–Crippen MR) is 84.2 cm³/mol. The van der Waals surface area contributed by atoms with Crippen molar-refractivity contribution in [1.29, 1.82) is 0 Å². The summed E-state index contributed by atoms with van der Waals surface area (Å²) in [5, 5.41) is 0. The molecular weight excluding hydrogens is 262 g/mol. The topological polar surface area (TPSA) is 36.4 Å². The van der Waals surface area contributed by atoms with E-state index < -0.39 is 0 Å². The summed E-state index contributed by atoms with van der Waals surface area (Å²) in [6, 6.07) is 4.11. The van der Waals surface area contributed by atoms with Crippen LogP contribution in [0.25, 0.3) is 0 Å². The van der Waals surface area contributed by atoms with Crippen LogP contribution in [0.15, 0.2) is 24.5 Å². The summed E-state index contributed by atoms with van der Waals surface area (Å²) in [5.74, 6) is 0.646. The van der Waals surface area contributed by atoms with Crippen molar-refractivity contribution < 1.29 is 4.79 Å². The van der Waals surface area contributed by atoms with Crippen molar-refractivity contribution in [2.45, 2.75) is 38.5 Å². The Hall–Kier alpha value is -1.58. The molecule has 21 heavy (non-hydrogen) atoms. The van der Waals surface area contributed by atoms with Crippen LogP contribution < -0.4 is 4.90 Å². The van der Waals surface area contributed by atoms with Crippen molar-refractivity contribution >= 4 is 11.6 Å². The van der Waals surface area contributed by atoms with Crippen molar-refractivity contribution in [3.63, 3.8) is 0 Å². The second-order valence-electron chi connectivity index (χ2n) is 6.21. The van der Waals surface area contributed by atoms with E-state index in [-0.39, 0.29) is 5.92 Å². The Morgan fingerprint density at radius 3 is 2.19 bits per heavy atom. The molecule has 3 rings (SSSR count). The second-order valence-corrected chi connectivity index (χ2v) is 6.21. The van der Waals surface area contributed by atoms with E-state index in [1.54, 1.807) is 0 Å². The molecular formula is C17H25N3O. The number of anilines is 1. The third kappa shape index (κ3) is 3.55. The summed E-state index contributed by atoms with van der Waals surface area (Å²) < 4.78 is 0. The van der Waals surface area contributed by atoms with Crippen molar-refractivity contribution in [3.8, 4) is 0 Å². The van der Waals surface area contributed by atoms with Gasteiger partial charge in [-0.05, 0) is 37.8 Å². The van der Waals surface area contributed by atoms with Crippen LogP contribution in [0.1, 0.15) is 38.5 Å². The van der Waals surface area contributed by atoms with Gasteiger partial charge in [-0.15, -0.1) is 0 Å². The highest BCUT2D eigenvalue weighted by atomic mass is 16.2. The number of aromatic nitrogens is 1. The number of nitrogens with zero attached hydrogens (tertiary/aromatic N) is 3. The molecule has 0 aromatic carbocycles. The van der Waals surface area contributed by atoms with Gasteiger partial charge in [0.1, 0.15) is 0 Å². The summed E-state index contributed by atoms with van der Waals surface area (Å²) in [7, 11) is 0. The molecule has 0 bridgehead atoms. The Kier molecular flexibility index (Phi) is 4.73. The molecule has 0 saturated carbocycles. The van der Waals surface area contributed by atoms with Crippen molar-refractivity contribution in [1.82, 2.24) is 9.88 Å². The lowest BCUT2D eigenvalue weighted by atomic mass is 9.95. The first-order valence-electron chi connectivity index (χ1n) is 8.28. The van der Waals surface area contributed by atoms with Crippen LogP contribution in [0.2, 0.25) is 0 Å². The van der Waals surface area contributed by atoms with Gasteiger partial charge >= 0.3 is 0 Å². The van der Waals surface area contributed by atoms with Crippen molar-refractivity contribution in [2.24, 2.45) is 5.92 Å². The molecule has 3 heterocycles. The molecule has 2 saturated heterocycles. The molecule has 0 spiro atoms. The molecule has 1 aromatic rings. The van der Waals surface area contributed by atoms with Gasteiger partial charge in [0, 0.05) is 50.2 Å². The minimum atomic E-state index is 0.237. The molecule has 0 atom stereocenters. The highest BCUT2D eigenvalue weighted by Crippen LogP contribution is 2.25. The van der Waals surface area contributed by atoms with Gasteiger partial charge in [-0.25, -0.2) is 0 Å². The number of piperidine rings is 1. The molecule has 2 fully saturated rings. The van der Waals surface area contributed by atoms with E-state index in [0.717, 1.165) is 39.0 Å². The van der Waals surface area contributed by atoms with Gasteiger partial charge in [0.05, 0.1) is 0 Å². The van der Waals surface area contributed by atoms with E-state index in [4.69, 9.17) is 0 Å². The number of pyridine rings is 1. The van der Waals surface area contributed by atoms with E-state index in [1.165, 1.54) is 31.4 Å². The van der Waals surface area contributed by atoms with E-state index in [9.17, 15) is 4.79 Å². The molecule has 0 aliphatic carbocycles. The lowest BCUT2D eigenvalue weighted by molar-refractivity contribution is -0.136. The first-order chi connectivity index (χ1) is 10.3. The summed E-state index contributed by atoms with van der Waals surface area (Å²) in [6.07, 6.45) is 10.6. The SMILES string of the molecule is O=C(C1CCN(c2ccncc2)CC1)N1CCCCCC1. The van der Waals surface area contributed by atoms with Crippen LogP contribution in [0.3, 0.4) is 0 Å². The first-order valence-corrected chi connectivity index (χ1v) is 8.28. The molecule has 0 unspecified atom stereocenters. The standard InChI is InChI=1S/C17H25N3O/c21-17(20-11-3-1-2-4-12-20)15-7-13-19(14-8-15)16-5-9-18-10-6-16/h5-6,9-10,15H,1-4,7-8,11-14H2. The lowest BCUT2D eigenvalue weighted by Crippen LogP contribution is -2.43. The van der Waals surface area contributed by atoms with Gasteiger partial charge in [-0.1, -0.05) is 12.8 Å². The largest absolute Gasteiger partial charge is 0.371 e. The summed E-state index contributed by atoms with van der Waals surface area (Å²) in [4.78, 5) is 21.2. The van der Waals surface area contributed by atoms with Crippen LogP contribution >= 0.6 is 0 Å². The summed E-state index contributed by atoms with van der Waals surface area (Å²) in [5.41, 5.74) is 1.23. The number of hydrogen-bond donors (Lipinski definition) is 0. The van der Waals surface area contributed by atoms with Crippen molar-refractivity contribution in [2.75, 3.05) is 31.1 Å². The maximum Gasteiger partial charge on any atom is 0.225 e. The van der Waals surface area contributed by atoms with E-state index in [2.05, 4.69) is 26.9 Å². The van der Waals surface area contributed by atoms with E-state index in [0.29, 0.717) is 5.91 Å². The minimum absolute atomic E-state index is 0.237. The number of carbonyl (C=O) groups is 1. The molecule has 4 heteroatoms. The molecule has 2 aliphatic heterocycles. The number of amides is 1. The Bertz CT molecular complexity index is 446. The molecule has 4 nitrogen and oxygen atoms in total. The molecule has 2 aliphatic rings. The maximum absolute atomic E-state index is 12.6. The van der Waals surface area contributed by atoms with Gasteiger partial charge in [-0.3, -0.25) is 9.78 Å². The monoisotopic (exact) mass is 287 g/mol. The van der Waals surface area contributed by atoms with Crippen LogP contribution in [0.5, 0.6) is 0 Å². The molecule has 0 radical (unpaired) electrons. The highest BCUT2D eigenvalue weighted by Gasteiger charge is 2.28. The second kappa shape index (κ2) is 6.92. The fourth-order valence-electron chi connectivity index (χ4n) is 3.49. The average Bonchev–Trinajstić information content (AvgIpc) is 2.84. The fraction of sp³-hybridized carbons (Fsp3) is 0.647. The van der Waals surface area contributed by atoms with Gasteiger partial charge in [-0.2, -0.15) is 0 Å². The first kappa shape index (κ1) is 14.4. The normalized spacial score (nSPS) is 21.1. The zero-order valence-electron chi connectivity index (χ0n) is 12.7. The van der Waals surface area contributed by atoms with Gasteiger partial charge in [0.15, 0.2) is 0 Å². The summed E-state index contributed by atoms with van der Waals surface area (Å²) >= 11 is 0. The smallest absolute Gasteiger partial charge is 0.225 e. The Balaban J connectivity index is 1.54. The van der Waals surface area contributed by atoms with Crippen LogP contribution in [0.4, 0.5) is 5.69 Å². The number of rotatable bonds is 2. The Morgan fingerprint density at radius 2 is 1.57 bits per heavy atom. The lowest BCUT2D eigenvalue weighted by Gasteiger charge is -2.35. The molecule has 1 aromatic heterocycles. The third-order valence-corrected chi connectivity index (χ3v) is 4.79. The minimum Gasteiger partial charge on any atom is -0.371 e. The van der Waals surface area contributed by atoms with Crippen LogP contribution in [-0.2, 0) is 4.79 Å². The Morgan fingerprint density at radius 1 is 0.952 bits per heavy atom. The van der Waals surface area contributed by atoms with Crippen LogP contribution in [0, 0.1) is 5.92 Å². The molecule has 0 N–H and O–H groups in total. The Labute approximate surface area is 127 Å². The van der Waals surface area contributed by atoms with Gasteiger partial charge in [0.25, 0.3) is 0 Å². The number of likely N-dealkylation sites (tertiary alicyclic amines) is 1. The zero-order chi connectivity index (χ0) is 14.5. The highest BCUT2D eigenvalue weighted by molar-refractivity contribution is 5.79. The zero-order valence-corrected chi connectivity index (χ0v) is 12.7. The molecule has 114 valence electrons. The number of carbonyl (C=O) groups excluding carboxylic acids is 1. The third-order valence-electron chi connectivity index (χ3n) is 4.79. The van der Waals surface area contributed by atoms with E-state index >= 15 is 0 Å². The average molecular weight is 287 g/mol. The fourth-order valence-corrected chi connectivity index (χ4v) is 3.49.